The number of ether oxygens (including phenoxy) is 3. The van der Waals surface area contributed by atoms with Crippen molar-refractivity contribution in [3.05, 3.63) is 63.5 Å². The van der Waals surface area contributed by atoms with Gasteiger partial charge in [-0.2, -0.15) is 8.78 Å². The standard InChI is InChI=1S/C29H31Cl2F2N3O6/c1-29(2,3)12-22(41-28(34)38)24-23(25(37)35-13-17-6-8-18(30)11-19(17)31)36-26(42-24)16-7-9-20(40-27(32)33)21(10-16)39-14-15-4-5-15/h6-11,15,22,27H,4-5,12-14H2,1-3H3,(H2,34,38)(H,35,37)/t22-/m0/s1. The molecular formula is C29H31Cl2F2N3O6. The highest BCUT2D eigenvalue weighted by atomic mass is 35.5. The molecule has 0 bridgehead atoms. The lowest BCUT2D eigenvalue weighted by molar-refractivity contribution is -0.0515. The van der Waals surface area contributed by atoms with Crippen LogP contribution >= 0.6 is 23.2 Å². The lowest BCUT2D eigenvalue weighted by atomic mass is 9.88. The normalized spacial score (nSPS) is 14.0. The number of nitrogens with one attached hydrogen (secondary N) is 1. The molecular weight excluding hydrogens is 595 g/mol. The van der Waals surface area contributed by atoms with Crippen LogP contribution in [-0.4, -0.2) is 30.2 Å². The van der Waals surface area contributed by atoms with Gasteiger partial charge in [0.15, 0.2) is 29.1 Å². The molecule has 3 N–H and O–H groups in total. The number of nitrogens with zero attached hydrogens (tertiary/aromatic N) is 1. The Morgan fingerprint density at radius 1 is 1.14 bits per heavy atom. The van der Waals surface area contributed by atoms with Crippen molar-refractivity contribution in [3.63, 3.8) is 0 Å². The first-order chi connectivity index (χ1) is 19.8. The molecule has 226 valence electrons. The topological polar surface area (TPSA) is 126 Å². The highest BCUT2D eigenvalue weighted by molar-refractivity contribution is 6.35. The minimum atomic E-state index is -3.05. The second-order valence-corrected chi connectivity index (χ2v) is 12.0. The summed E-state index contributed by atoms with van der Waals surface area (Å²) in [6.07, 6.45) is 0.0945. The summed E-state index contributed by atoms with van der Waals surface area (Å²) in [5.74, 6) is -0.446. The zero-order valence-electron chi connectivity index (χ0n) is 23.2. The number of carbonyl (C=O) groups is 2. The van der Waals surface area contributed by atoms with Gasteiger partial charge in [-0.1, -0.05) is 50.0 Å². The highest BCUT2D eigenvalue weighted by Crippen LogP contribution is 2.39. The Kier molecular flexibility index (Phi) is 9.83. The number of rotatable bonds is 12. The molecule has 1 saturated carbocycles. The van der Waals surface area contributed by atoms with Crippen LogP contribution < -0.4 is 20.5 Å². The summed E-state index contributed by atoms with van der Waals surface area (Å²) in [6, 6.07) is 9.06. The number of hydrogen-bond donors (Lipinski definition) is 2. The largest absolute Gasteiger partial charge is 0.489 e. The molecule has 1 aromatic heterocycles. The van der Waals surface area contributed by atoms with Crippen LogP contribution in [-0.2, 0) is 11.3 Å². The van der Waals surface area contributed by atoms with Gasteiger partial charge < -0.3 is 29.7 Å². The molecule has 2 aromatic carbocycles. The van der Waals surface area contributed by atoms with E-state index in [1.54, 1.807) is 18.2 Å². The average molecular weight is 626 g/mol. The first-order valence-electron chi connectivity index (χ1n) is 13.2. The van der Waals surface area contributed by atoms with Gasteiger partial charge in [-0.05, 0) is 66.5 Å². The molecule has 1 heterocycles. The van der Waals surface area contributed by atoms with E-state index in [0.717, 1.165) is 12.8 Å². The Balaban J connectivity index is 1.72. The highest BCUT2D eigenvalue weighted by Gasteiger charge is 2.33. The summed E-state index contributed by atoms with van der Waals surface area (Å²) in [5, 5.41) is 3.54. The summed E-state index contributed by atoms with van der Waals surface area (Å²) in [6.45, 7) is 3.05. The second-order valence-electron chi connectivity index (χ2n) is 11.1. The smallest absolute Gasteiger partial charge is 0.405 e. The zero-order valence-corrected chi connectivity index (χ0v) is 24.7. The van der Waals surface area contributed by atoms with Gasteiger partial charge in [0.2, 0.25) is 5.89 Å². The SMILES string of the molecule is CC(C)(C)C[C@H](OC(N)=O)c1oc(-c2ccc(OC(F)F)c(OCC3CC3)c2)nc1C(=O)NCc1ccc(Cl)cc1Cl. The molecule has 1 atom stereocenters. The molecule has 0 spiro atoms. The number of nitrogens with two attached hydrogens (primary N) is 1. The predicted molar refractivity (Wildman–Crippen MR) is 152 cm³/mol. The van der Waals surface area contributed by atoms with Crippen LogP contribution in [0.3, 0.4) is 0 Å². The number of carbonyl (C=O) groups excluding carboxylic acids is 2. The van der Waals surface area contributed by atoms with Crippen molar-refractivity contribution < 1.29 is 37.0 Å². The lowest BCUT2D eigenvalue weighted by Crippen LogP contribution is -2.27. The Morgan fingerprint density at radius 3 is 2.50 bits per heavy atom. The maximum atomic E-state index is 13.4. The van der Waals surface area contributed by atoms with E-state index in [1.807, 2.05) is 20.8 Å². The third kappa shape index (κ3) is 8.72. The maximum Gasteiger partial charge on any atom is 0.405 e. The van der Waals surface area contributed by atoms with Crippen molar-refractivity contribution >= 4 is 35.2 Å². The number of aromatic nitrogens is 1. The van der Waals surface area contributed by atoms with Gasteiger partial charge in [-0.25, -0.2) is 9.78 Å². The van der Waals surface area contributed by atoms with Gasteiger partial charge in [0.1, 0.15) is 0 Å². The van der Waals surface area contributed by atoms with E-state index in [0.29, 0.717) is 33.7 Å². The molecule has 3 aromatic rings. The van der Waals surface area contributed by atoms with Crippen LogP contribution in [0.4, 0.5) is 13.6 Å². The molecule has 13 heteroatoms. The molecule has 42 heavy (non-hydrogen) atoms. The molecule has 0 radical (unpaired) electrons. The molecule has 1 fully saturated rings. The molecule has 9 nitrogen and oxygen atoms in total. The first-order valence-corrected chi connectivity index (χ1v) is 14.0. The van der Waals surface area contributed by atoms with E-state index >= 15 is 0 Å². The number of halogens is 4. The fourth-order valence-electron chi connectivity index (χ4n) is 4.08. The van der Waals surface area contributed by atoms with Crippen LogP contribution in [0, 0.1) is 11.3 Å². The number of benzene rings is 2. The molecule has 1 aliphatic rings. The predicted octanol–water partition coefficient (Wildman–Crippen LogP) is 7.54. The Hall–Kier alpha value is -3.57. The van der Waals surface area contributed by atoms with Gasteiger partial charge in [-0.15, -0.1) is 0 Å². The monoisotopic (exact) mass is 625 g/mol. The van der Waals surface area contributed by atoms with E-state index in [-0.39, 0.29) is 47.2 Å². The van der Waals surface area contributed by atoms with E-state index in [4.69, 9.17) is 42.8 Å². The minimum Gasteiger partial charge on any atom is -0.489 e. The molecule has 0 saturated heterocycles. The maximum absolute atomic E-state index is 13.4. The number of amides is 2. The van der Waals surface area contributed by atoms with Gasteiger partial charge in [0.25, 0.3) is 5.91 Å². The molecule has 2 amide bonds. The van der Waals surface area contributed by atoms with E-state index < -0.39 is 24.7 Å². The van der Waals surface area contributed by atoms with Gasteiger partial charge in [0.05, 0.1) is 6.61 Å². The summed E-state index contributed by atoms with van der Waals surface area (Å²) >= 11 is 12.2. The third-order valence-electron chi connectivity index (χ3n) is 6.25. The van der Waals surface area contributed by atoms with Crippen LogP contribution in [0.25, 0.3) is 11.5 Å². The van der Waals surface area contributed by atoms with Crippen molar-refractivity contribution in [1.29, 1.82) is 0 Å². The fraction of sp³-hybridized carbons (Fsp3) is 0.414. The van der Waals surface area contributed by atoms with Gasteiger partial charge in [-0.3, -0.25) is 4.79 Å². The van der Waals surface area contributed by atoms with Crippen molar-refractivity contribution in [2.24, 2.45) is 17.1 Å². The van der Waals surface area contributed by atoms with Crippen molar-refractivity contribution in [2.75, 3.05) is 6.61 Å². The van der Waals surface area contributed by atoms with Gasteiger partial charge >= 0.3 is 12.7 Å². The minimum absolute atomic E-state index is 0.0354. The van der Waals surface area contributed by atoms with Crippen LogP contribution in [0.15, 0.2) is 40.8 Å². The van der Waals surface area contributed by atoms with Crippen molar-refractivity contribution in [3.8, 4) is 23.0 Å². The Morgan fingerprint density at radius 2 is 1.88 bits per heavy atom. The summed E-state index contributed by atoms with van der Waals surface area (Å²) in [5.41, 5.74) is 5.74. The average Bonchev–Trinajstić information content (AvgIpc) is 3.61. The quantitative estimate of drug-likeness (QED) is 0.213. The summed E-state index contributed by atoms with van der Waals surface area (Å²) < 4.78 is 47.9. The zero-order chi connectivity index (χ0) is 30.6. The fourth-order valence-corrected chi connectivity index (χ4v) is 4.56. The van der Waals surface area contributed by atoms with Gasteiger partial charge in [0, 0.05) is 22.2 Å². The number of primary amides is 1. The molecule has 0 aliphatic heterocycles. The molecule has 0 unspecified atom stereocenters. The van der Waals surface area contributed by atoms with E-state index in [9.17, 15) is 18.4 Å². The summed E-state index contributed by atoms with van der Waals surface area (Å²) in [7, 11) is 0. The number of hydrogen-bond acceptors (Lipinski definition) is 7. The summed E-state index contributed by atoms with van der Waals surface area (Å²) in [4.78, 5) is 29.7. The molecule has 1 aliphatic carbocycles. The Labute approximate surface area is 251 Å². The third-order valence-corrected chi connectivity index (χ3v) is 6.84. The number of alkyl halides is 2. The first kappa shape index (κ1) is 31.4. The number of oxazole rings is 1. The van der Waals surface area contributed by atoms with Crippen LogP contribution in [0.2, 0.25) is 10.0 Å². The van der Waals surface area contributed by atoms with E-state index in [1.165, 1.54) is 18.2 Å². The Bertz CT molecular complexity index is 1440. The van der Waals surface area contributed by atoms with Crippen molar-refractivity contribution in [2.45, 2.75) is 59.3 Å². The van der Waals surface area contributed by atoms with E-state index in [2.05, 4.69) is 15.0 Å². The lowest BCUT2D eigenvalue weighted by Gasteiger charge is -2.24. The molecule has 4 rings (SSSR count). The second kappa shape index (κ2) is 13.2. The van der Waals surface area contributed by atoms with Crippen LogP contribution in [0.5, 0.6) is 11.5 Å². The van der Waals surface area contributed by atoms with Crippen LogP contribution in [0.1, 0.15) is 67.9 Å². The van der Waals surface area contributed by atoms with Crippen molar-refractivity contribution in [1.82, 2.24) is 10.3 Å².